The van der Waals surface area contributed by atoms with Crippen molar-refractivity contribution in [1.82, 2.24) is 0 Å². The molecule has 0 N–H and O–H groups in total. The second kappa shape index (κ2) is 11.7. The summed E-state index contributed by atoms with van der Waals surface area (Å²) in [6.45, 7) is 6.51. The molecule has 0 saturated heterocycles. The highest BCUT2D eigenvalue weighted by atomic mass is 79.9. The van der Waals surface area contributed by atoms with Crippen molar-refractivity contribution < 1.29 is 23.5 Å². The summed E-state index contributed by atoms with van der Waals surface area (Å²) in [5.74, 6) is 0.632. The number of rotatable bonds is 10. The van der Waals surface area contributed by atoms with Gasteiger partial charge in [0.15, 0.2) is 22.7 Å². The molecule has 5 rings (SSSR count). The molecule has 40 heavy (non-hydrogen) atoms. The van der Waals surface area contributed by atoms with Crippen molar-refractivity contribution in [3.05, 3.63) is 97.8 Å². The average molecular weight is 604 g/mol. The summed E-state index contributed by atoms with van der Waals surface area (Å²) in [5, 5.41) is 0.376. The van der Waals surface area contributed by atoms with Crippen LogP contribution in [-0.2, 0) is 0 Å². The predicted molar refractivity (Wildman–Crippen MR) is 158 cm³/mol. The van der Waals surface area contributed by atoms with Crippen molar-refractivity contribution in [2.45, 2.75) is 46.1 Å². The predicted octanol–water partition coefficient (Wildman–Crippen LogP) is 7.48. The second-order valence-corrected chi connectivity index (χ2v) is 10.6. The largest absolute Gasteiger partial charge is 0.490 e. The molecular formula is C32H30BrNO6. The Labute approximate surface area is 240 Å². The van der Waals surface area contributed by atoms with Crippen LogP contribution in [0.15, 0.2) is 74.3 Å². The van der Waals surface area contributed by atoms with Gasteiger partial charge >= 0.3 is 0 Å². The number of amides is 1. The Bertz CT molecular complexity index is 1640. The van der Waals surface area contributed by atoms with Crippen molar-refractivity contribution in [2.24, 2.45) is 0 Å². The van der Waals surface area contributed by atoms with E-state index < -0.39 is 11.9 Å². The number of unbranched alkanes of at least 4 members (excludes halogenated alkanes) is 2. The lowest BCUT2D eigenvalue weighted by Crippen LogP contribution is -2.29. The number of carbonyl (C=O) groups excluding carboxylic acids is 2. The Morgan fingerprint density at radius 3 is 2.42 bits per heavy atom. The Hall–Kier alpha value is -3.91. The number of ketones is 1. The van der Waals surface area contributed by atoms with E-state index in [-0.39, 0.29) is 22.5 Å². The molecule has 0 aliphatic carbocycles. The molecule has 206 valence electrons. The Kier molecular flexibility index (Phi) is 8.07. The van der Waals surface area contributed by atoms with Gasteiger partial charge in [0.05, 0.1) is 30.2 Å². The first-order valence-electron chi connectivity index (χ1n) is 13.4. The number of Topliss-reactive ketones (excluding diaryl/α,β-unsaturated/α-hetero) is 1. The maximum atomic E-state index is 13.9. The van der Waals surface area contributed by atoms with Crippen molar-refractivity contribution in [3.63, 3.8) is 0 Å². The van der Waals surface area contributed by atoms with Gasteiger partial charge in [-0.1, -0.05) is 41.8 Å². The summed E-state index contributed by atoms with van der Waals surface area (Å²) in [4.78, 5) is 41.3. The van der Waals surface area contributed by atoms with Crippen molar-refractivity contribution in [1.29, 1.82) is 0 Å². The van der Waals surface area contributed by atoms with Crippen molar-refractivity contribution in [2.75, 3.05) is 18.1 Å². The SMILES string of the molecule is CCCCCOc1ccc(C2c3c(oc4ccc(Br)cc4c3=O)C(=O)N2c2ccc(C(C)=O)cc2)cc1OCC. The van der Waals surface area contributed by atoms with Crippen LogP contribution < -0.4 is 19.8 Å². The van der Waals surface area contributed by atoms with Gasteiger partial charge < -0.3 is 13.9 Å². The fraction of sp³-hybridized carbons (Fsp3) is 0.281. The topological polar surface area (TPSA) is 86.0 Å². The third kappa shape index (κ3) is 5.16. The number of halogens is 1. The lowest BCUT2D eigenvalue weighted by atomic mass is 9.97. The standard InChI is InChI=1S/C32H30BrNO6/c1-4-6-7-16-39-26-14-10-21(17-27(26)38-5-2)29-28-30(36)24-18-22(33)11-15-25(24)40-31(28)32(37)34(29)23-12-8-20(9-13-23)19(3)35/h8-15,17-18,29H,4-7,16H2,1-3H3. The average Bonchev–Trinajstić information content (AvgIpc) is 3.24. The molecule has 0 radical (unpaired) electrons. The smallest absolute Gasteiger partial charge is 0.295 e. The van der Waals surface area contributed by atoms with E-state index in [1.807, 2.05) is 25.1 Å². The van der Waals surface area contributed by atoms with Crippen LogP contribution in [0.2, 0.25) is 0 Å². The summed E-state index contributed by atoms with van der Waals surface area (Å²) >= 11 is 3.44. The number of benzene rings is 3. The van der Waals surface area contributed by atoms with E-state index in [1.165, 1.54) is 6.92 Å². The molecule has 1 unspecified atom stereocenters. The second-order valence-electron chi connectivity index (χ2n) is 9.69. The van der Waals surface area contributed by atoms with Gasteiger partial charge in [0, 0.05) is 15.7 Å². The fourth-order valence-corrected chi connectivity index (χ4v) is 5.36. The number of anilines is 1. The highest BCUT2D eigenvalue weighted by Gasteiger charge is 2.44. The molecule has 1 atom stereocenters. The lowest BCUT2D eigenvalue weighted by molar-refractivity contribution is 0.0970. The molecule has 0 spiro atoms. The zero-order valence-electron chi connectivity index (χ0n) is 22.7. The van der Waals surface area contributed by atoms with Crippen LogP contribution in [-0.4, -0.2) is 24.9 Å². The Morgan fingerprint density at radius 1 is 0.950 bits per heavy atom. The first-order chi connectivity index (χ1) is 19.3. The van der Waals surface area contributed by atoms with Crippen molar-refractivity contribution in [3.8, 4) is 11.5 Å². The first-order valence-corrected chi connectivity index (χ1v) is 14.2. The molecule has 1 aliphatic rings. The van der Waals surface area contributed by atoms with Gasteiger partial charge in [-0.3, -0.25) is 19.3 Å². The molecule has 8 heteroatoms. The highest BCUT2D eigenvalue weighted by molar-refractivity contribution is 9.10. The number of hydrogen-bond acceptors (Lipinski definition) is 6. The van der Waals surface area contributed by atoms with Gasteiger partial charge in [-0.05, 0) is 80.4 Å². The summed E-state index contributed by atoms with van der Waals surface area (Å²) < 4.78 is 18.8. The zero-order chi connectivity index (χ0) is 28.4. The van der Waals surface area contributed by atoms with Gasteiger partial charge in [-0.15, -0.1) is 0 Å². The Balaban J connectivity index is 1.67. The number of nitrogens with zero attached hydrogens (tertiary/aromatic N) is 1. The normalized spacial score (nSPS) is 14.4. The number of ether oxygens (including phenoxy) is 2. The third-order valence-electron chi connectivity index (χ3n) is 6.97. The number of hydrogen-bond donors (Lipinski definition) is 0. The minimum absolute atomic E-state index is 0.00156. The van der Waals surface area contributed by atoms with Crippen LogP contribution in [0.5, 0.6) is 11.5 Å². The van der Waals surface area contributed by atoms with Gasteiger partial charge in [-0.2, -0.15) is 0 Å². The van der Waals surface area contributed by atoms with E-state index in [0.29, 0.717) is 52.5 Å². The fourth-order valence-electron chi connectivity index (χ4n) is 5.00. The molecule has 0 saturated carbocycles. The molecule has 3 aromatic carbocycles. The molecule has 7 nitrogen and oxygen atoms in total. The summed E-state index contributed by atoms with van der Waals surface area (Å²) in [7, 11) is 0. The van der Waals surface area contributed by atoms with Gasteiger partial charge in [0.2, 0.25) is 5.76 Å². The van der Waals surface area contributed by atoms with E-state index in [1.54, 1.807) is 47.4 Å². The quantitative estimate of drug-likeness (QED) is 0.138. The Morgan fingerprint density at radius 2 is 1.73 bits per heavy atom. The monoisotopic (exact) mass is 603 g/mol. The highest BCUT2D eigenvalue weighted by Crippen LogP contribution is 2.43. The third-order valence-corrected chi connectivity index (χ3v) is 7.47. The zero-order valence-corrected chi connectivity index (χ0v) is 24.2. The number of carbonyl (C=O) groups is 2. The van der Waals surface area contributed by atoms with Crippen LogP contribution in [0.25, 0.3) is 11.0 Å². The molecule has 0 bridgehead atoms. The molecule has 2 heterocycles. The molecule has 4 aromatic rings. The molecular weight excluding hydrogens is 574 g/mol. The van der Waals surface area contributed by atoms with E-state index in [9.17, 15) is 14.4 Å². The first kappa shape index (κ1) is 27.6. The molecule has 1 aromatic heterocycles. The van der Waals surface area contributed by atoms with Gasteiger partial charge in [0.25, 0.3) is 5.91 Å². The van der Waals surface area contributed by atoms with E-state index in [2.05, 4.69) is 22.9 Å². The van der Waals surface area contributed by atoms with Crippen LogP contribution in [0, 0.1) is 0 Å². The number of fused-ring (bicyclic) bond motifs is 2. The molecule has 1 amide bonds. The van der Waals surface area contributed by atoms with Crippen LogP contribution >= 0.6 is 15.9 Å². The maximum Gasteiger partial charge on any atom is 0.295 e. The maximum absolute atomic E-state index is 13.9. The summed E-state index contributed by atoms with van der Waals surface area (Å²) in [6, 6.07) is 16.6. The van der Waals surface area contributed by atoms with E-state index >= 15 is 0 Å². The van der Waals surface area contributed by atoms with Gasteiger partial charge in [0.1, 0.15) is 5.58 Å². The van der Waals surface area contributed by atoms with Crippen molar-refractivity contribution >= 4 is 44.3 Å². The van der Waals surface area contributed by atoms with Crippen LogP contribution in [0.3, 0.4) is 0 Å². The summed E-state index contributed by atoms with van der Waals surface area (Å²) in [5.41, 5.74) is 2.04. The van der Waals surface area contributed by atoms with E-state index in [0.717, 1.165) is 23.7 Å². The minimum atomic E-state index is -0.779. The summed E-state index contributed by atoms with van der Waals surface area (Å²) in [6.07, 6.45) is 3.09. The van der Waals surface area contributed by atoms with Crippen LogP contribution in [0.4, 0.5) is 5.69 Å². The van der Waals surface area contributed by atoms with Crippen LogP contribution in [0.1, 0.15) is 78.1 Å². The lowest BCUT2D eigenvalue weighted by Gasteiger charge is -2.26. The van der Waals surface area contributed by atoms with Gasteiger partial charge in [-0.25, -0.2) is 0 Å². The molecule has 0 fully saturated rings. The minimum Gasteiger partial charge on any atom is -0.490 e. The molecule has 1 aliphatic heterocycles. The van der Waals surface area contributed by atoms with E-state index in [4.69, 9.17) is 13.9 Å².